The lowest BCUT2D eigenvalue weighted by atomic mass is 10.3. The van der Waals surface area contributed by atoms with Crippen molar-refractivity contribution in [3.63, 3.8) is 0 Å². The molecule has 0 amide bonds. The molecule has 0 bridgehead atoms. The highest BCUT2D eigenvalue weighted by atomic mass is 31.2. The van der Waals surface area contributed by atoms with E-state index in [0.717, 1.165) is 0 Å². The van der Waals surface area contributed by atoms with E-state index >= 15 is 0 Å². The van der Waals surface area contributed by atoms with Gasteiger partial charge in [0.1, 0.15) is 12.8 Å². The zero-order valence-corrected chi connectivity index (χ0v) is 23.6. The summed E-state index contributed by atoms with van der Waals surface area (Å²) in [6, 6.07) is 0. The first kappa shape index (κ1) is 31.4. The van der Waals surface area contributed by atoms with Gasteiger partial charge in [-0.05, 0) is 41.0 Å². The van der Waals surface area contributed by atoms with Crippen molar-refractivity contribution in [2.75, 3.05) is 32.6 Å². The number of carbonyl (C=O) groups is 2. The Morgan fingerprint density at radius 1 is 1.16 bits per heavy atom. The quantitative estimate of drug-likeness (QED) is 0.174. The smallest absolute Gasteiger partial charge is 0.479 e. The zero-order valence-electron chi connectivity index (χ0n) is 22.7. The maximum atomic E-state index is 12.0. The SMILES string of the molecule is CCOC(=O)OC(C)OP(NCC(=O)OC(C)C)OCC(CC)OC(C)n1cnc2c(OC)nc(N)nc21. The largest absolute Gasteiger partial charge is 0.510 e. The Balaban J connectivity index is 2.05. The van der Waals surface area contributed by atoms with Gasteiger partial charge in [-0.1, -0.05) is 6.92 Å². The van der Waals surface area contributed by atoms with Crippen LogP contribution in [0.2, 0.25) is 0 Å². The molecule has 16 heteroatoms. The molecule has 0 aliphatic carbocycles. The fourth-order valence-electron chi connectivity index (χ4n) is 3.05. The Morgan fingerprint density at radius 2 is 1.89 bits per heavy atom. The topological polar surface area (TPSA) is 180 Å². The van der Waals surface area contributed by atoms with Crippen molar-refractivity contribution >= 4 is 37.8 Å². The van der Waals surface area contributed by atoms with Crippen molar-refractivity contribution in [1.29, 1.82) is 0 Å². The summed E-state index contributed by atoms with van der Waals surface area (Å²) in [5, 5.41) is 2.86. The number of ether oxygens (including phenoxy) is 5. The molecular formula is C22H37N6O9P. The van der Waals surface area contributed by atoms with Crippen LogP contribution in [0.3, 0.4) is 0 Å². The maximum Gasteiger partial charge on any atom is 0.510 e. The lowest BCUT2D eigenvalue weighted by Crippen LogP contribution is -2.28. The molecule has 2 heterocycles. The van der Waals surface area contributed by atoms with Crippen LogP contribution in [0.5, 0.6) is 5.88 Å². The van der Waals surface area contributed by atoms with E-state index in [4.69, 9.17) is 38.5 Å². The monoisotopic (exact) mass is 560 g/mol. The minimum Gasteiger partial charge on any atom is -0.479 e. The van der Waals surface area contributed by atoms with Gasteiger partial charge in [0.05, 0.1) is 38.9 Å². The lowest BCUT2D eigenvalue weighted by molar-refractivity contribution is -0.146. The highest BCUT2D eigenvalue weighted by Gasteiger charge is 2.24. The molecule has 0 aromatic carbocycles. The molecule has 2 aromatic rings. The van der Waals surface area contributed by atoms with Crippen LogP contribution in [-0.2, 0) is 32.8 Å². The van der Waals surface area contributed by atoms with Gasteiger partial charge >= 0.3 is 12.1 Å². The van der Waals surface area contributed by atoms with E-state index in [1.807, 2.05) is 13.8 Å². The number of imidazole rings is 1. The van der Waals surface area contributed by atoms with Crippen molar-refractivity contribution < 1.29 is 42.3 Å². The van der Waals surface area contributed by atoms with Gasteiger partial charge in [-0.3, -0.25) is 13.9 Å². The van der Waals surface area contributed by atoms with Crippen molar-refractivity contribution in [2.45, 2.75) is 72.7 Å². The van der Waals surface area contributed by atoms with Crippen molar-refractivity contribution in [1.82, 2.24) is 24.6 Å². The van der Waals surface area contributed by atoms with Crippen molar-refractivity contribution in [2.24, 2.45) is 0 Å². The van der Waals surface area contributed by atoms with E-state index in [2.05, 4.69) is 20.0 Å². The number of nitrogens with zero attached hydrogens (tertiary/aromatic N) is 4. The van der Waals surface area contributed by atoms with Gasteiger partial charge in [-0.25, -0.2) is 14.9 Å². The standard InChI is InChI=1S/C22H37N6O9P/c1-8-16(35-14(5)28-12-24-18-19(28)26-21(23)27-20(18)31-7)11-33-38(25-10-17(29)34-13(3)4)37-15(6)36-22(30)32-9-2/h12-16,25H,8-11H2,1-7H3,(H2,23,26,27). The van der Waals surface area contributed by atoms with E-state index < -0.39 is 33.2 Å². The second-order valence-electron chi connectivity index (χ2n) is 8.08. The summed E-state index contributed by atoms with van der Waals surface area (Å²) < 4.78 is 39.6. The summed E-state index contributed by atoms with van der Waals surface area (Å²) in [5.74, 6) is -0.181. The number of fused-ring (bicyclic) bond motifs is 1. The minimum absolute atomic E-state index is 0.0442. The molecule has 2 rings (SSSR count). The molecule has 4 unspecified atom stereocenters. The number of anilines is 1. The van der Waals surface area contributed by atoms with Gasteiger partial charge in [0.25, 0.3) is 8.53 Å². The molecule has 2 aromatic heterocycles. The van der Waals surface area contributed by atoms with E-state index in [9.17, 15) is 9.59 Å². The molecule has 0 fully saturated rings. The lowest BCUT2D eigenvalue weighted by Gasteiger charge is -2.26. The summed E-state index contributed by atoms with van der Waals surface area (Å²) in [5.41, 5.74) is 6.71. The molecule has 0 aliphatic rings. The number of aromatic nitrogens is 4. The normalized spacial score (nSPS) is 14.6. The van der Waals surface area contributed by atoms with Crippen LogP contribution in [0.4, 0.5) is 10.7 Å². The van der Waals surface area contributed by atoms with E-state index in [0.29, 0.717) is 17.6 Å². The van der Waals surface area contributed by atoms with Gasteiger partial charge in [0.2, 0.25) is 18.1 Å². The zero-order chi connectivity index (χ0) is 28.2. The number of methoxy groups -OCH3 is 1. The van der Waals surface area contributed by atoms with Crippen molar-refractivity contribution in [3.05, 3.63) is 6.33 Å². The van der Waals surface area contributed by atoms with E-state index in [1.54, 1.807) is 31.7 Å². The maximum absolute atomic E-state index is 12.0. The number of nitrogens with one attached hydrogen (secondary N) is 1. The number of esters is 1. The Morgan fingerprint density at radius 3 is 2.53 bits per heavy atom. The second kappa shape index (κ2) is 15.5. The third kappa shape index (κ3) is 9.80. The Hall–Kier alpha value is -2.84. The molecule has 0 radical (unpaired) electrons. The molecule has 38 heavy (non-hydrogen) atoms. The van der Waals surface area contributed by atoms with Gasteiger partial charge in [0.15, 0.2) is 11.2 Å². The number of carbonyl (C=O) groups excluding carboxylic acids is 2. The molecule has 3 N–H and O–H groups in total. The number of hydrogen-bond acceptors (Lipinski definition) is 14. The first-order valence-electron chi connectivity index (χ1n) is 12.1. The molecule has 4 atom stereocenters. The Labute approximate surface area is 222 Å². The summed E-state index contributed by atoms with van der Waals surface area (Å²) in [6.45, 7) is 10.5. The average Bonchev–Trinajstić information content (AvgIpc) is 3.27. The van der Waals surface area contributed by atoms with Crippen LogP contribution in [0, 0.1) is 0 Å². The summed E-state index contributed by atoms with van der Waals surface area (Å²) in [4.78, 5) is 36.2. The number of nitrogens with two attached hydrogens (primary N) is 1. The van der Waals surface area contributed by atoms with Crippen LogP contribution >= 0.6 is 8.53 Å². The van der Waals surface area contributed by atoms with Crippen molar-refractivity contribution in [3.8, 4) is 5.88 Å². The molecule has 15 nitrogen and oxygen atoms in total. The molecule has 0 aliphatic heterocycles. The van der Waals surface area contributed by atoms with Crippen LogP contribution in [0.1, 0.15) is 54.2 Å². The number of nitrogen functional groups attached to an aromatic ring is 1. The van der Waals surface area contributed by atoms with Gasteiger partial charge < -0.3 is 33.9 Å². The summed E-state index contributed by atoms with van der Waals surface area (Å²) >= 11 is 0. The molecular weight excluding hydrogens is 523 g/mol. The van der Waals surface area contributed by atoms with Gasteiger partial charge in [0, 0.05) is 0 Å². The predicted molar refractivity (Wildman–Crippen MR) is 137 cm³/mol. The fraction of sp³-hybridized carbons (Fsp3) is 0.682. The van der Waals surface area contributed by atoms with Crippen LogP contribution in [0.25, 0.3) is 11.2 Å². The second-order valence-corrected chi connectivity index (χ2v) is 9.38. The van der Waals surface area contributed by atoms with Crippen LogP contribution in [0.15, 0.2) is 6.33 Å². The van der Waals surface area contributed by atoms with E-state index in [1.165, 1.54) is 14.0 Å². The van der Waals surface area contributed by atoms with Gasteiger partial charge in [-0.2, -0.15) is 9.97 Å². The fourth-order valence-corrected chi connectivity index (χ4v) is 4.15. The molecule has 0 saturated heterocycles. The van der Waals surface area contributed by atoms with Crippen LogP contribution in [-0.4, -0.2) is 77.0 Å². The minimum atomic E-state index is -1.88. The third-order valence-corrected chi connectivity index (χ3v) is 5.99. The Kier molecular flexibility index (Phi) is 12.8. The molecule has 0 saturated carbocycles. The summed E-state index contributed by atoms with van der Waals surface area (Å²) in [6.07, 6.45) is -0.904. The molecule has 0 spiro atoms. The van der Waals surface area contributed by atoms with Crippen LogP contribution < -0.4 is 15.6 Å². The Bertz CT molecular complexity index is 1040. The summed E-state index contributed by atoms with van der Waals surface area (Å²) in [7, 11) is -0.409. The third-order valence-electron chi connectivity index (χ3n) is 4.70. The first-order chi connectivity index (χ1) is 18.1. The van der Waals surface area contributed by atoms with Gasteiger partial charge in [-0.15, -0.1) is 0 Å². The highest BCUT2D eigenvalue weighted by molar-refractivity contribution is 7.45. The predicted octanol–water partition coefficient (Wildman–Crippen LogP) is 3.05. The molecule has 214 valence electrons. The number of rotatable bonds is 16. The first-order valence-corrected chi connectivity index (χ1v) is 13.3. The number of hydrogen-bond donors (Lipinski definition) is 2. The highest BCUT2D eigenvalue weighted by Crippen LogP contribution is 2.36. The average molecular weight is 561 g/mol. The van der Waals surface area contributed by atoms with E-state index in [-0.39, 0.29) is 43.8 Å².